The second kappa shape index (κ2) is 16.6. The van der Waals surface area contributed by atoms with E-state index in [1.165, 1.54) is 18.5 Å². The van der Waals surface area contributed by atoms with Gasteiger partial charge in [0.15, 0.2) is 0 Å². The van der Waals surface area contributed by atoms with Gasteiger partial charge in [-0.05, 0) is 54.0 Å². The number of alkyl halides is 7. The molecule has 1 atom stereocenters. The molecular weight excluding hydrogens is 517 g/mol. The molecule has 1 saturated heterocycles. The van der Waals surface area contributed by atoms with Gasteiger partial charge in [-0.2, -0.15) is 49.9 Å². The second-order valence-corrected chi connectivity index (χ2v) is 9.41. The number of rotatable bonds is 6. The van der Waals surface area contributed by atoms with E-state index in [0.29, 0.717) is 16.9 Å². The van der Waals surface area contributed by atoms with Gasteiger partial charge in [0.2, 0.25) is 0 Å². The van der Waals surface area contributed by atoms with Crippen LogP contribution in [-0.2, 0) is 18.1 Å². The Morgan fingerprint density at radius 3 is 1.94 bits per heavy atom. The fraction of sp³-hybridized carbons (Fsp3) is 0.545. The van der Waals surface area contributed by atoms with Crippen molar-refractivity contribution >= 4 is 43.5 Å². The van der Waals surface area contributed by atoms with Gasteiger partial charge in [0.1, 0.15) is 11.4 Å². The fourth-order valence-corrected chi connectivity index (χ4v) is 5.10. The summed E-state index contributed by atoms with van der Waals surface area (Å²) < 4.78 is 73.3. The van der Waals surface area contributed by atoms with Gasteiger partial charge in [0.05, 0.1) is 0 Å². The first-order chi connectivity index (χ1) is 14.6. The lowest BCUT2D eigenvalue weighted by molar-refractivity contribution is -0.142. The lowest BCUT2D eigenvalue weighted by Gasteiger charge is -2.10. The summed E-state index contributed by atoms with van der Waals surface area (Å²) in [6.07, 6.45) is -2.98. The summed E-state index contributed by atoms with van der Waals surface area (Å²) in [5.74, 6) is 3.27. The third kappa shape index (κ3) is 12.1. The van der Waals surface area contributed by atoms with Crippen LogP contribution >= 0.6 is 35.1 Å². The summed E-state index contributed by atoms with van der Waals surface area (Å²) in [6, 6.07) is 5.08. The number of hydrogen-bond donors (Lipinski definition) is 0. The van der Waals surface area contributed by atoms with E-state index < -0.39 is 23.7 Å². The Balaban J connectivity index is 0. The van der Waals surface area contributed by atoms with E-state index in [1.807, 2.05) is 0 Å². The molecule has 0 amide bonds. The van der Waals surface area contributed by atoms with Crippen LogP contribution in [0, 0.1) is 0 Å². The normalized spacial score (nSPS) is 15.2. The average Bonchev–Trinajstić information content (AvgIpc) is 3.26. The second-order valence-electron chi connectivity index (χ2n) is 6.62. The van der Waals surface area contributed by atoms with Crippen molar-refractivity contribution in [2.45, 2.75) is 57.5 Å². The molecule has 0 N–H and O–H groups in total. The van der Waals surface area contributed by atoms with Crippen molar-refractivity contribution in [1.82, 2.24) is 9.97 Å². The molecule has 34 heavy (non-hydrogen) atoms. The third-order valence-electron chi connectivity index (χ3n) is 4.18. The third-order valence-corrected chi connectivity index (χ3v) is 7.00. The van der Waals surface area contributed by atoms with Gasteiger partial charge in [0, 0.05) is 37.7 Å². The zero-order chi connectivity index (χ0) is 22.9. The Morgan fingerprint density at radius 1 is 0.941 bits per heavy atom. The smallest absolute Gasteiger partial charge is 0.251 e. The molecule has 0 aliphatic carbocycles. The molecule has 2 aromatic rings. The van der Waals surface area contributed by atoms with Crippen LogP contribution in [0.25, 0.3) is 0 Å². The van der Waals surface area contributed by atoms with E-state index in [1.54, 1.807) is 29.6 Å². The Kier molecular flexibility index (Phi) is 17.1. The van der Waals surface area contributed by atoms with Crippen LogP contribution in [0.1, 0.15) is 61.9 Å². The molecule has 3 radical (unpaired) electrons. The van der Waals surface area contributed by atoms with Crippen molar-refractivity contribution in [3.05, 3.63) is 59.2 Å². The summed E-state index contributed by atoms with van der Waals surface area (Å²) in [5, 5.41) is 0.333. The van der Waals surface area contributed by atoms with Gasteiger partial charge in [-0.1, -0.05) is 27.0 Å². The number of thioether (sulfide) groups is 2. The highest BCUT2D eigenvalue weighted by Gasteiger charge is 2.33. The molecule has 0 bridgehead atoms. The van der Waals surface area contributed by atoms with Gasteiger partial charge in [-0.3, -0.25) is 9.97 Å². The first kappa shape index (κ1) is 35.1. The number of hydrogen-bond acceptors (Lipinski definition) is 4. The van der Waals surface area contributed by atoms with E-state index in [4.69, 9.17) is 11.6 Å². The van der Waals surface area contributed by atoms with Crippen LogP contribution in [-0.4, -0.2) is 35.8 Å². The van der Waals surface area contributed by atoms with E-state index in [9.17, 15) is 26.3 Å². The van der Waals surface area contributed by atoms with Crippen LogP contribution in [0.15, 0.2) is 36.7 Å². The standard InChI is InChI=1S/C10H11ClF3NS.C10H10F3NS.2CH4.B/c11-4-1-5-16-7-8-2-3-9(15-6-8)10(12,13)14;11-10(12,13)9-4-3-7(6-14-9)8-2-1-5-15-8;;;/h2-3,6H,1,4-5,7H2;3-4,6,8H,1-2,5H2;2*1H4;. The Morgan fingerprint density at radius 2 is 1.53 bits per heavy atom. The molecule has 3 rings (SSSR count). The first-order valence-corrected chi connectivity index (χ1v) is 12.2. The van der Waals surface area contributed by atoms with Crippen LogP contribution in [0.4, 0.5) is 26.3 Å². The van der Waals surface area contributed by atoms with Crippen molar-refractivity contribution in [3.8, 4) is 0 Å². The molecule has 2 nitrogen and oxygen atoms in total. The Labute approximate surface area is 213 Å². The molecule has 2 aromatic heterocycles. The minimum atomic E-state index is -4.36. The molecule has 0 spiro atoms. The van der Waals surface area contributed by atoms with Crippen LogP contribution in [0.5, 0.6) is 0 Å². The maximum Gasteiger partial charge on any atom is 0.433 e. The Bertz CT molecular complexity index is 784. The highest BCUT2D eigenvalue weighted by Crippen LogP contribution is 2.40. The molecule has 0 aromatic carbocycles. The fourth-order valence-electron chi connectivity index (χ4n) is 2.63. The molecule has 3 heterocycles. The maximum atomic E-state index is 12.2. The van der Waals surface area contributed by atoms with E-state index >= 15 is 0 Å². The zero-order valence-electron chi connectivity index (χ0n) is 16.9. The van der Waals surface area contributed by atoms with E-state index in [-0.39, 0.29) is 23.3 Å². The summed E-state index contributed by atoms with van der Waals surface area (Å²) in [6.45, 7) is 0. The SMILES string of the molecule is C.C.FC(F)(F)c1ccc(C2CCCS2)cn1.FC(F)(F)c1ccc(CSCCCCl)cn1.[B]. The predicted molar refractivity (Wildman–Crippen MR) is 134 cm³/mol. The molecule has 191 valence electrons. The molecule has 1 aliphatic heterocycles. The lowest BCUT2D eigenvalue weighted by atomic mass is 10.1. The highest BCUT2D eigenvalue weighted by molar-refractivity contribution is 7.99. The van der Waals surface area contributed by atoms with Gasteiger partial charge in [0.25, 0.3) is 0 Å². The summed E-state index contributed by atoms with van der Waals surface area (Å²) in [5.41, 5.74) is 0.0503. The number of pyridine rings is 2. The van der Waals surface area contributed by atoms with Crippen molar-refractivity contribution in [3.63, 3.8) is 0 Å². The Hall–Kier alpha value is -1.07. The number of nitrogens with zero attached hydrogens (tertiary/aromatic N) is 2. The summed E-state index contributed by atoms with van der Waals surface area (Å²) in [7, 11) is 0. The van der Waals surface area contributed by atoms with Crippen LogP contribution in [0.3, 0.4) is 0 Å². The van der Waals surface area contributed by atoms with Gasteiger partial charge >= 0.3 is 12.4 Å². The van der Waals surface area contributed by atoms with Crippen molar-refractivity contribution in [2.75, 3.05) is 17.4 Å². The first-order valence-electron chi connectivity index (χ1n) is 9.42. The van der Waals surface area contributed by atoms with Crippen molar-refractivity contribution < 1.29 is 26.3 Å². The topological polar surface area (TPSA) is 25.8 Å². The minimum absolute atomic E-state index is 0. The highest BCUT2D eigenvalue weighted by atomic mass is 35.5. The number of aromatic nitrogens is 2. The van der Waals surface area contributed by atoms with E-state index in [0.717, 1.165) is 54.0 Å². The molecule has 1 fully saturated rings. The van der Waals surface area contributed by atoms with Gasteiger partial charge in [-0.15, -0.1) is 11.6 Å². The quantitative estimate of drug-likeness (QED) is 0.157. The summed E-state index contributed by atoms with van der Waals surface area (Å²) in [4.78, 5) is 6.84. The monoisotopic (exact) mass is 545 g/mol. The summed E-state index contributed by atoms with van der Waals surface area (Å²) >= 11 is 8.93. The van der Waals surface area contributed by atoms with Crippen molar-refractivity contribution in [1.29, 1.82) is 0 Å². The molecule has 1 unspecified atom stereocenters. The number of halogens is 7. The van der Waals surface area contributed by atoms with E-state index in [2.05, 4.69) is 9.97 Å². The average molecular weight is 546 g/mol. The van der Waals surface area contributed by atoms with Gasteiger partial charge < -0.3 is 0 Å². The maximum absolute atomic E-state index is 12.2. The minimum Gasteiger partial charge on any atom is -0.251 e. The molecule has 0 saturated carbocycles. The molecule has 1 aliphatic rings. The molecular formula is C22H29BClF6N2S2. The molecule has 12 heteroatoms. The van der Waals surface area contributed by atoms with Crippen LogP contribution < -0.4 is 0 Å². The zero-order valence-corrected chi connectivity index (χ0v) is 19.3. The van der Waals surface area contributed by atoms with Gasteiger partial charge in [-0.25, -0.2) is 0 Å². The van der Waals surface area contributed by atoms with Crippen molar-refractivity contribution in [2.24, 2.45) is 0 Å². The van der Waals surface area contributed by atoms with Crippen LogP contribution in [0.2, 0.25) is 0 Å². The largest absolute Gasteiger partial charge is 0.433 e. The predicted octanol–water partition coefficient (Wildman–Crippen LogP) is 8.52. The lowest BCUT2D eigenvalue weighted by Crippen LogP contribution is -2.07.